The van der Waals surface area contributed by atoms with Crippen LogP contribution in [-0.2, 0) is 4.74 Å². The maximum atomic E-state index is 5.81. The Kier molecular flexibility index (Phi) is 3.95. The average Bonchev–Trinajstić information content (AvgIpc) is 2.88. The number of nitrogens with zero attached hydrogens (tertiary/aromatic N) is 3. The van der Waals surface area contributed by atoms with E-state index in [9.17, 15) is 0 Å². The second-order valence-electron chi connectivity index (χ2n) is 4.05. The van der Waals surface area contributed by atoms with Gasteiger partial charge in [-0.3, -0.25) is 0 Å². The first-order valence-electron chi connectivity index (χ1n) is 5.91. The predicted octanol–water partition coefficient (Wildman–Crippen LogP) is 2.93. The fraction of sp³-hybridized carbons (Fsp3) is 0.333. The summed E-state index contributed by atoms with van der Waals surface area (Å²) >= 11 is 4.59. The molecular weight excluding hydrogens is 330 g/mol. The maximum absolute atomic E-state index is 5.81. The number of anilines is 1. The van der Waals surface area contributed by atoms with Crippen LogP contribution in [0.25, 0.3) is 0 Å². The molecule has 1 fully saturated rings. The van der Waals surface area contributed by atoms with Gasteiger partial charge < -0.3 is 14.4 Å². The molecule has 0 atom stereocenters. The average molecular weight is 342 g/mol. The van der Waals surface area contributed by atoms with Crippen LogP contribution in [0.2, 0.25) is 0 Å². The van der Waals surface area contributed by atoms with Gasteiger partial charge in [0.2, 0.25) is 5.82 Å². The zero-order chi connectivity index (χ0) is 13.1. The van der Waals surface area contributed by atoms with Crippen LogP contribution in [0.15, 0.2) is 28.7 Å². The molecule has 0 spiro atoms. The van der Waals surface area contributed by atoms with Gasteiger partial charge in [0.15, 0.2) is 0 Å². The summed E-state index contributed by atoms with van der Waals surface area (Å²) in [7, 11) is 0. The fourth-order valence-electron chi connectivity index (χ4n) is 1.85. The molecule has 0 radical (unpaired) electrons. The van der Waals surface area contributed by atoms with E-state index in [4.69, 9.17) is 9.47 Å². The van der Waals surface area contributed by atoms with Crippen molar-refractivity contribution in [1.29, 1.82) is 0 Å². The van der Waals surface area contributed by atoms with Gasteiger partial charge >= 0.3 is 0 Å². The third kappa shape index (κ3) is 3.05. The molecular formula is C12H12BrN3O2S. The molecule has 1 aliphatic rings. The molecule has 1 aromatic carbocycles. The maximum Gasteiger partial charge on any atom is 0.276 e. The van der Waals surface area contributed by atoms with E-state index in [0.717, 1.165) is 40.9 Å². The lowest BCUT2D eigenvalue weighted by Gasteiger charge is -2.26. The Morgan fingerprint density at radius 3 is 2.89 bits per heavy atom. The normalized spacial score (nSPS) is 15.5. The molecule has 2 aromatic rings. The van der Waals surface area contributed by atoms with Gasteiger partial charge in [0.1, 0.15) is 5.75 Å². The smallest absolute Gasteiger partial charge is 0.276 e. The minimum Gasteiger partial charge on any atom is -0.435 e. The monoisotopic (exact) mass is 341 g/mol. The molecule has 3 rings (SSSR count). The lowest BCUT2D eigenvalue weighted by molar-refractivity contribution is 0.122. The number of halogens is 1. The first-order chi connectivity index (χ1) is 9.33. The summed E-state index contributed by atoms with van der Waals surface area (Å²) in [6, 6.07) is 7.68. The van der Waals surface area contributed by atoms with E-state index >= 15 is 0 Å². The third-order valence-corrected chi connectivity index (χ3v) is 3.76. The number of hydrogen-bond donors (Lipinski definition) is 0. The van der Waals surface area contributed by atoms with Crippen LogP contribution in [0, 0.1) is 0 Å². The van der Waals surface area contributed by atoms with E-state index in [1.54, 1.807) is 0 Å². The van der Waals surface area contributed by atoms with Gasteiger partial charge in [-0.25, -0.2) is 0 Å². The van der Waals surface area contributed by atoms with Crippen molar-refractivity contribution in [3.63, 3.8) is 0 Å². The Balaban J connectivity index is 1.80. The predicted molar refractivity (Wildman–Crippen MR) is 77.2 cm³/mol. The zero-order valence-electron chi connectivity index (χ0n) is 10.1. The first kappa shape index (κ1) is 12.8. The Morgan fingerprint density at radius 1 is 1.26 bits per heavy atom. The number of rotatable bonds is 3. The highest BCUT2D eigenvalue weighted by Gasteiger charge is 2.20. The van der Waals surface area contributed by atoms with Crippen molar-refractivity contribution in [2.45, 2.75) is 0 Å². The van der Waals surface area contributed by atoms with Crippen LogP contribution in [0.3, 0.4) is 0 Å². The summed E-state index contributed by atoms with van der Waals surface area (Å²) in [5.41, 5.74) is 0. The zero-order valence-corrected chi connectivity index (χ0v) is 12.5. The molecule has 7 heteroatoms. The number of morpholine rings is 1. The van der Waals surface area contributed by atoms with Gasteiger partial charge in [0.05, 0.1) is 24.9 Å². The summed E-state index contributed by atoms with van der Waals surface area (Å²) in [6.45, 7) is 3.07. The quantitative estimate of drug-likeness (QED) is 0.858. The van der Waals surface area contributed by atoms with Crippen LogP contribution in [0.1, 0.15) is 0 Å². The molecule has 100 valence electrons. The number of ether oxygens (including phenoxy) is 2. The Bertz CT molecular complexity index is 557. The van der Waals surface area contributed by atoms with E-state index in [0.29, 0.717) is 19.1 Å². The topological polar surface area (TPSA) is 47.5 Å². The van der Waals surface area contributed by atoms with Crippen LogP contribution < -0.4 is 9.64 Å². The third-order valence-electron chi connectivity index (χ3n) is 2.76. The van der Waals surface area contributed by atoms with Crippen molar-refractivity contribution in [1.82, 2.24) is 8.75 Å². The highest BCUT2D eigenvalue weighted by molar-refractivity contribution is 9.10. The Labute approximate surface area is 123 Å². The fourth-order valence-corrected chi connectivity index (χ4v) is 2.73. The number of benzene rings is 1. The molecule has 5 nitrogen and oxygen atoms in total. The second kappa shape index (κ2) is 5.85. The molecule has 1 saturated heterocycles. The molecule has 0 saturated carbocycles. The summed E-state index contributed by atoms with van der Waals surface area (Å²) in [4.78, 5) is 2.14. The SMILES string of the molecule is Brc1cccc(Oc2nsnc2N2CCOCC2)c1. The molecule has 19 heavy (non-hydrogen) atoms. The van der Waals surface area contributed by atoms with Crippen molar-refractivity contribution in [2.24, 2.45) is 0 Å². The van der Waals surface area contributed by atoms with Crippen molar-refractivity contribution in [3.05, 3.63) is 28.7 Å². The minimum atomic E-state index is 0.560. The molecule has 0 unspecified atom stereocenters. The van der Waals surface area contributed by atoms with Crippen LogP contribution in [0.4, 0.5) is 5.82 Å². The standard InChI is InChI=1S/C12H12BrN3O2S/c13-9-2-1-3-10(8-9)18-12-11(14-19-15-12)16-4-6-17-7-5-16/h1-3,8H,4-7H2. The van der Waals surface area contributed by atoms with Crippen molar-refractivity contribution < 1.29 is 9.47 Å². The van der Waals surface area contributed by atoms with E-state index in [-0.39, 0.29) is 0 Å². The van der Waals surface area contributed by atoms with Gasteiger partial charge in [-0.2, -0.15) is 4.37 Å². The van der Waals surface area contributed by atoms with Crippen molar-refractivity contribution >= 4 is 33.5 Å². The van der Waals surface area contributed by atoms with Crippen molar-refractivity contribution in [3.8, 4) is 11.6 Å². The lowest BCUT2D eigenvalue weighted by Crippen LogP contribution is -2.36. The lowest BCUT2D eigenvalue weighted by atomic mass is 10.3. The summed E-state index contributed by atoms with van der Waals surface area (Å²) < 4.78 is 20.7. The van der Waals surface area contributed by atoms with Gasteiger partial charge in [0, 0.05) is 17.6 Å². The van der Waals surface area contributed by atoms with Crippen LogP contribution in [-0.4, -0.2) is 35.1 Å². The molecule has 0 N–H and O–H groups in total. The minimum absolute atomic E-state index is 0.560. The molecule has 1 aromatic heterocycles. The van der Waals surface area contributed by atoms with Crippen LogP contribution in [0.5, 0.6) is 11.6 Å². The van der Waals surface area contributed by atoms with Crippen LogP contribution >= 0.6 is 27.7 Å². The molecule has 2 heterocycles. The Morgan fingerprint density at radius 2 is 2.11 bits per heavy atom. The number of hydrogen-bond acceptors (Lipinski definition) is 6. The summed E-state index contributed by atoms with van der Waals surface area (Å²) in [6.07, 6.45) is 0. The first-order valence-corrected chi connectivity index (χ1v) is 7.44. The van der Waals surface area contributed by atoms with Crippen molar-refractivity contribution in [2.75, 3.05) is 31.2 Å². The van der Waals surface area contributed by atoms with Gasteiger partial charge in [-0.05, 0) is 18.2 Å². The molecule has 1 aliphatic heterocycles. The van der Waals surface area contributed by atoms with E-state index in [1.807, 2.05) is 24.3 Å². The van der Waals surface area contributed by atoms with Gasteiger partial charge in [0.25, 0.3) is 5.88 Å². The molecule has 0 amide bonds. The van der Waals surface area contributed by atoms with Gasteiger partial charge in [-0.1, -0.05) is 22.0 Å². The van der Waals surface area contributed by atoms with E-state index < -0.39 is 0 Å². The highest BCUT2D eigenvalue weighted by atomic mass is 79.9. The Hall–Kier alpha value is -1.18. The highest BCUT2D eigenvalue weighted by Crippen LogP contribution is 2.31. The largest absolute Gasteiger partial charge is 0.435 e. The van der Waals surface area contributed by atoms with E-state index in [2.05, 4.69) is 29.6 Å². The summed E-state index contributed by atoms with van der Waals surface area (Å²) in [5, 5.41) is 0. The summed E-state index contributed by atoms with van der Waals surface area (Å²) in [5.74, 6) is 2.11. The molecule has 0 aliphatic carbocycles. The van der Waals surface area contributed by atoms with E-state index in [1.165, 1.54) is 0 Å². The molecule has 0 bridgehead atoms. The number of aromatic nitrogens is 2. The van der Waals surface area contributed by atoms with Gasteiger partial charge in [-0.15, -0.1) is 4.37 Å². The second-order valence-corrected chi connectivity index (χ2v) is 5.50.